The van der Waals surface area contributed by atoms with Gasteiger partial charge in [-0.05, 0) is 6.92 Å². The minimum atomic E-state index is -0.377. The van der Waals surface area contributed by atoms with Gasteiger partial charge in [-0.15, -0.1) is 0 Å². The highest BCUT2D eigenvalue weighted by Gasteiger charge is 2.14. The average molecular weight is 226 g/mol. The van der Waals surface area contributed by atoms with Crippen LogP contribution in [-0.2, 0) is 7.05 Å². The van der Waals surface area contributed by atoms with Crippen LogP contribution in [-0.4, -0.2) is 33.4 Å². The number of hydrogen-bond acceptors (Lipinski definition) is 4. The summed E-state index contributed by atoms with van der Waals surface area (Å²) in [5.41, 5.74) is 5.79. The van der Waals surface area contributed by atoms with Gasteiger partial charge < -0.3 is 16.3 Å². The van der Waals surface area contributed by atoms with Gasteiger partial charge in [0, 0.05) is 13.6 Å². The number of aryl methyl sites for hydroxylation is 1. The lowest BCUT2D eigenvalue weighted by Gasteiger charge is -2.07. The van der Waals surface area contributed by atoms with Crippen LogP contribution >= 0.6 is 0 Å². The Kier molecular flexibility index (Phi) is 3.70. The Hall–Kier alpha value is -2.25. The van der Waals surface area contributed by atoms with Crippen LogP contribution in [0.1, 0.15) is 12.5 Å². The molecule has 0 unspecified atom stereocenters. The van der Waals surface area contributed by atoms with Crippen LogP contribution in [0.5, 0.6) is 0 Å². The van der Waals surface area contributed by atoms with Crippen LogP contribution in [0.3, 0.4) is 0 Å². The molecular weight excluding hydrogens is 212 g/mol. The van der Waals surface area contributed by atoms with Crippen molar-refractivity contribution in [2.75, 3.05) is 11.9 Å². The van der Waals surface area contributed by atoms with Crippen molar-refractivity contribution in [2.24, 2.45) is 17.9 Å². The monoisotopic (exact) mass is 226 g/mol. The van der Waals surface area contributed by atoms with Gasteiger partial charge in [-0.1, -0.05) is 5.16 Å². The van der Waals surface area contributed by atoms with Crippen molar-refractivity contribution in [2.45, 2.75) is 6.92 Å². The second-order valence-electron chi connectivity index (χ2n) is 3.00. The highest BCUT2D eigenvalue weighted by Crippen LogP contribution is 2.13. The highest BCUT2D eigenvalue weighted by molar-refractivity contribution is 6.04. The minimum Gasteiger partial charge on any atom is -0.409 e. The topological polar surface area (TPSA) is 118 Å². The number of carbonyl (C=O) groups excluding carboxylic acids is 1. The molecule has 1 aromatic heterocycles. The van der Waals surface area contributed by atoms with Crippen LogP contribution in [0.15, 0.2) is 11.4 Å². The number of nitrogens with one attached hydrogen (secondary N) is 2. The first-order valence-electron chi connectivity index (χ1n) is 4.64. The lowest BCUT2D eigenvalue weighted by atomic mass is 10.3. The normalized spacial score (nSPS) is 11.2. The van der Waals surface area contributed by atoms with Gasteiger partial charge in [-0.25, -0.2) is 4.79 Å². The lowest BCUT2D eigenvalue weighted by molar-refractivity contribution is 0.252. The van der Waals surface area contributed by atoms with E-state index in [4.69, 9.17) is 10.9 Å². The minimum absolute atomic E-state index is 0.111. The molecule has 8 heteroatoms. The number of hydrogen-bond donors (Lipinski definition) is 4. The van der Waals surface area contributed by atoms with Gasteiger partial charge in [0.25, 0.3) is 0 Å². The molecule has 0 aliphatic heterocycles. The molecule has 0 aliphatic rings. The molecule has 1 heterocycles. The number of rotatable bonds is 3. The molecule has 5 N–H and O–H groups in total. The summed E-state index contributed by atoms with van der Waals surface area (Å²) < 4.78 is 1.42. The van der Waals surface area contributed by atoms with Crippen LogP contribution < -0.4 is 16.4 Å². The van der Waals surface area contributed by atoms with E-state index in [0.717, 1.165) is 0 Å². The number of urea groups is 1. The molecule has 0 saturated carbocycles. The zero-order valence-corrected chi connectivity index (χ0v) is 9.06. The van der Waals surface area contributed by atoms with Crippen molar-refractivity contribution in [3.8, 4) is 0 Å². The van der Waals surface area contributed by atoms with Crippen LogP contribution in [0.2, 0.25) is 0 Å². The predicted molar refractivity (Wildman–Crippen MR) is 58.4 cm³/mol. The molecule has 2 amide bonds. The number of aromatic nitrogens is 2. The first-order valence-corrected chi connectivity index (χ1v) is 4.64. The van der Waals surface area contributed by atoms with Gasteiger partial charge in [-0.3, -0.25) is 10.00 Å². The molecule has 0 saturated heterocycles. The zero-order valence-electron chi connectivity index (χ0n) is 9.06. The molecule has 0 aliphatic carbocycles. The van der Waals surface area contributed by atoms with Crippen molar-refractivity contribution in [3.63, 3.8) is 0 Å². The molecule has 16 heavy (non-hydrogen) atoms. The first-order chi connectivity index (χ1) is 7.60. The number of amidine groups is 1. The van der Waals surface area contributed by atoms with E-state index in [1.165, 1.54) is 10.9 Å². The number of nitrogens with zero attached hydrogens (tertiary/aromatic N) is 3. The highest BCUT2D eigenvalue weighted by atomic mass is 16.4. The van der Waals surface area contributed by atoms with Gasteiger partial charge >= 0.3 is 6.03 Å². The number of anilines is 1. The summed E-state index contributed by atoms with van der Waals surface area (Å²) in [5.74, 6) is 0.251. The molecule has 1 rings (SSSR count). The number of nitrogens with two attached hydrogens (primary N) is 1. The average Bonchev–Trinajstić information content (AvgIpc) is 2.60. The fourth-order valence-corrected chi connectivity index (χ4v) is 1.14. The second kappa shape index (κ2) is 5.01. The lowest BCUT2D eigenvalue weighted by Crippen LogP contribution is -2.30. The van der Waals surface area contributed by atoms with E-state index in [2.05, 4.69) is 20.9 Å². The largest absolute Gasteiger partial charge is 0.409 e. The summed E-state index contributed by atoms with van der Waals surface area (Å²) in [6, 6.07) is -0.377. The molecule has 1 aromatic rings. The van der Waals surface area contributed by atoms with E-state index in [1.54, 1.807) is 14.0 Å². The second-order valence-corrected chi connectivity index (χ2v) is 3.00. The van der Waals surface area contributed by atoms with Crippen molar-refractivity contribution >= 4 is 17.7 Å². The van der Waals surface area contributed by atoms with E-state index in [9.17, 15) is 4.79 Å². The van der Waals surface area contributed by atoms with Crippen LogP contribution in [0, 0.1) is 0 Å². The molecule has 0 bridgehead atoms. The summed E-state index contributed by atoms with van der Waals surface area (Å²) in [6.45, 7) is 2.30. The Balaban J connectivity index is 2.94. The Morgan fingerprint density at radius 3 is 3.00 bits per heavy atom. The molecule has 0 atom stereocenters. The zero-order chi connectivity index (χ0) is 12.1. The van der Waals surface area contributed by atoms with E-state index in [0.29, 0.717) is 17.9 Å². The van der Waals surface area contributed by atoms with Gasteiger partial charge in [0.15, 0.2) is 5.84 Å². The summed E-state index contributed by atoms with van der Waals surface area (Å²) >= 11 is 0. The number of carbonyl (C=O) groups is 1. The van der Waals surface area contributed by atoms with Gasteiger partial charge in [0.1, 0.15) is 5.82 Å². The third-order valence-electron chi connectivity index (χ3n) is 1.89. The van der Waals surface area contributed by atoms with Crippen molar-refractivity contribution < 1.29 is 10.0 Å². The predicted octanol–water partition coefficient (Wildman–Crippen LogP) is -0.344. The maximum absolute atomic E-state index is 11.3. The molecule has 0 aromatic carbocycles. The van der Waals surface area contributed by atoms with E-state index in [1.807, 2.05) is 0 Å². The summed E-state index contributed by atoms with van der Waals surface area (Å²) in [6.07, 6.45) is 1.40. The maximum atomic E-state index is 11.3. The summed E-state index contributed by atoms with van der Waals surface area (Å²) in [4.78, 5) is 11.3. The van der Waals surface area contributed by atoms with E-state index in [-0.39, 0.29) is 11.9 Å². The third kappa shape index (κ3) is 2.41. The third-order valence-corrected chi connectivity index (χ3v) is 1.89. The van der Waals surface area contributed by atoms with Crippen LogP contribution in [0.25, 0.3) is 0 Å². The molecular formula is C8H14N6O2. The van der Waals surface area contributed by atoms with Crippen molar-refractivity contribution in [1.82, 2.24) is 15.1 Å². The SMILES string of the molecule is CCNC(=O)Nc1c(C(N)=NO)cnn1C. The van der Waals surface area contributed by atoms with Gasteiger partial charge in [0.05, 0.1) is 11.8 Å². The Labute approximate surface area is 92.1 Å². The first kappa shape index (κ1) is 11.8. The quantitative estimate of drug-likeness (QED) is 0.244. The fraction of sp³-hybridized carbons (Fsp3) is 0.375. The smallest absolute Gasteiger partial charge is 0.320 e. The number of oxime groups is 1. The van der Waals surface area contributed by atoms with E-state index < -0.39 is 0 Å². The molecule has 0 radical (unpaired) electrons. The van der Waals surface area contributed by atoms with E-state index >= 15 is 0 Å². The Bertz CT molecular complexity index is 411. The van der Waals surface area contributed by atoms with Gasteiger partial charge in [-0.2, -0.15) is 5.10 Å². The summed E-state index contributed by atoms with van der Waals surface area (Å²) in [7, 11) is 1.63. The molecule has 8 nitrogen and oxygen atoms in total. The number of amides is 2. The Morgan fingerprint density at radius 1 is 1.75 bits per heavy atom. The fourth-order valence-electron chi connectivity index (χ4n) is 1.14. The maximum Gasteiger partial charge on any atom is 0.320 e. The van der Waals surface area contributed by atoms with Gasteiger partial charge in [0.2, 0.25) is 0 Å². The molecule has 0 spiro atoms. The van der Waals surface area contributed by atoms with Crippen LogP contribution in [0.4, 0.5) is 10.6 Å². The van der Waals surface area contributed by atoms with Crippen molar-refractivity contribution in [3.05, 3.63) is 11.8 Å². The summed E-state index contributed by atoms with van der Waals surface area (Å²) in [5, 5.41) is 20.4. The van der Waals surface area contributed by atoms with Crippen molar-refractivity contribution in [1.29, 1.82) is 0 Å². The standard InChI is InChI=1S/C8H14N6O2/c1-3-10-8(15)12-7-5(6(9)13-16)4-11-14(7)2/h4,16H,3H2,1-2H3,(H2,9,13)(H2,10,12,15). The molecule has 88 valence electrons. The Morgan fingerprint density at radius 2 is 2.44 bits per heavy atom. The molecule has 0 fully saturated rings.